The number of rotatable bonds is 8. The van der Waals surface area contributed by atoms with Crippen molar-refractivity contribution in [1.29, 1.82) is 5.26 Å². The van der Waals surface area contributed by atoms with Gasteiger partial charge in [0.05, 0.1) is 11.4 Å². The van der Waals surface area contributed by atoms with Crippen LogP contribution in [0.25, 0.3) is 5.69 Å². The summed E-state index contributed by atoms with van der Waals surface area (Å²) in [7, 11) is 0. The number of nitriles is 1. The number of aromatic nitrogens is 2. The standard InChI is InChI=1S/C26H30FN7O/c27-20-10-8-19(9-11-20)18-33-15-12-21(13-16-33)31-26(35)30-14-4-7-24-23(17-28)25(29)34(32-24)22-5-2-1-3-6-22/h1-3,5-6,8-11,21H,4,7,12-16,18,29H2,(H2,30,31,35). The third-order valence-electron chi connectivity index (χ3n) is 6.22. The van der Waals surface area contributed by atoms with Crippen LogP contribution in [0.3, 0.4) is 0 Å². The van der Waals surface area contributed by atoms with Crippen LogP contribution in [0.4, 0.5) is 15.0 Å². The van der Waals surface area contributed by atoms with Gasteiger partial charge in [-0.05, 0) is 55.5 Å². The highest BCUT2D eigenvalue weighted by Gasteiger charge is 2.21. The summed E-state index contributed by atoms with van der Waals surface area (Å²) < 4.78 is 14.6. The molecular formula is C26H30FN7O. The Hall–Kier alpha value is -3.90. The highest BCUT2D eigenvalue weighted by Crippen LogP contribution is 2.21. The number of urea groups is 1. The number of piperidine rings is 1. The lowest BCUT2D eigenvalue weighted by Crippen LogP contribution is -2.47. The number of nitrogens with zero attached hydrogens (tertiary/aromatic N) is 4. The van der Waals surface area contributed by atoms with E-state index in [-0.39, 0.29) is 17.9 Å². The summed E-state index contributed by atoms with van der Waals surface area (Å²) in [6, 6.07) is 18.1. The smallest absolute Gasteiger partial charge is 0.315 e. The molecule has 0 atom stereocenters. The van der Waals surface area contributed by atoms with Gasteiger partial charge in [0.1, 0.15) is 23.3 Å². The normalized spacial score (nSPS) is 14.4. The van der Waals surface area contributed by atoms with E-state index in [1.54, 1.807) is 4.68 Å². The number of nitrogens with one attached hydrogen (secondary N) is 2. The Morgan fingerprint density at radius 3 is 2.54 bits per heavy atom. The topological polar surface area (TPSA) is 112 Å². The van der Waals surface area contributed by atoms with Crippen molar-refractivity contribution in [2.45, 2.75) is 38.3 Å². The van der Waals surface area contributed by atoms with Gasteiger partial charge in [-0.3, -0.25) is 4.90 Å². The number of nitrogen functional groups attached to an aromatic ring is 1. The maximum Gasteiger partial charge on any atom is 0.315 e. The number of hydrogen-bond acceptors (Lipinski definition) is 5. The fraction of sp³-hybridized carbons (Fsp3) is 0.346. The number of nitrogens with two attached hydrogens (primary N) is 1. The van der Waals surface area contributed by atoms with Gasteiger partial charge in [0, 0.05) is 32.2 Å². The minimum atomic E-state index is -0.223. The minimum absolute atomic E-state index is 0.131. The van der Waals surface area contributed by atoms with Gasteiger partial charge in [-0.15, -0.1) is 0 Å². The molecule has 2 heterocycles. The van der Waals surface area contributed by atoms with Crippen molar-refractivity contribution >= 4 is 11.8 Å². The first kappa shape index (κ1) is 24.2. The van der Waals surface area contributed by atoms with E-state index in [0.29, 0.717) is 36.5 Å². The zero-order valence-corrected chi connectivity index (χ0v) is 19.6. The van der Waals surface area contributed by atoms with Gasteiger partial charge in [-0.2, -0.15) is 10.4 Å². The summed E-state index contributed by atoms with van der Waals surface area (Å²) in [5.74, 6) is 0.101. The third kappa shape index (κ3) is 6.37. The molecule has 2 aromatic carbocycles. The van der Waals surface area contributed by atoms with Crippen LogP contribution in [-0.2, 0) is 13.0 Å². The lowest BCUT2D eigenvalue weighted by Gasteiger charge is -2.32. The predicted octanol–water partition coefficient (Wildman–Crippen LogP) is 3.36. The van der Waals surface area contributed by atoms with Crippen LogP contribution in [0.15, 0.2) is 54.6 Å². The van der Waals surface area contributed by atoms with Crippen molar-refractivity contribution in [3.8, 4) is 11.8 Å². The van der Waals surface area contributed by atoms with Gasteiger partial charge < -0.3 is 16.4 Å². The molecule has 1 fully saturated rings. The van der Waals surface area contributed by atoms with E-state index < -0.39 is 0 Å². The summed E-state index contributed by atoms with van der Waals surface area (Å²) in [6.45, 7) is 3.02. The third-order valence-corrected chi connectivity index (χ3v) is 6.22. The first-order valence-electron chi connectivity index (χ1n) is 11.9. The fourth-order valence-corrected chi connectivity index (χ4v) is 4.32. The number of anilines is 1. The molecule has 3 aromatic rings. The second kappa shape index (κ2) is 11.5. The molecular weight excluding hydrogens is 445 g/mol. The minimum Gasteiger partial charge on any atom is -0.382 e. The molecule has 1 aliphatic heterocycles. The number of carbonyl (C=O) groups excluding carboxylic acids is 1. The van der Waals surface area contributed by atoms with Crippen LogP contribution in [0.5, 0.6) is 0 Å². The quantitative estimate of drug-likeness (QED) is 0.433. The first-order valence-corrected chi connectivity index (χ1v) is 11.9. The first-order chi connectivity index (χ1) is 17.0. The molecule has 0 bridgehead atoms. The number of halogens is 1. The molecule has 9 heteroatoms. The van der Waals surface area contributed by atoms with Crippen molar-refractivity contribution in [2.24, 2.45) is 0 Å². The molecule has 1 aromatic heterocycles. The predicted molar refractivity (Wildman–Crippen MR) is 132 cm³/mol. The SMILES string of the molecule is N#Cc1c(CCCNC(=O)NC2CCN(Cc3ccc(F)cc3)CC2)nn(-c2ccccc2)c1N. The van der Waals surface area contributed by atoms with Crippen molar-refractivity contribution < 1.29 is 9.18 Å². The van der Waals surface area contributed by atoms with Crippen LogP contribution in [0.1, 0.15) is 36.1 Å². The maximum absolute atomic E-state index is 13.1. The van der Waals surface area contributed by atoms with E-state index in [2.05, 4.69) is 26.7 Å². The Balaban J connectivity index is 1.18. The molecule has 8 nitrogen and oxygen atoms in total. The van der Waals surface area contributed by atoms with E-state index in [1.165, 1.54) is 12.1 Å². The molecule has 0 unspecified atom stereocenters. The van der Waals surface area contributed by atoms with Crippen molar-refractivity contribution in [3.05, 3.63) is 77.2 Å². The average molecular weight is 476 g/mol. The van der Waals surface area contributed by atoms with Gasteiger partial charge in [-0.25, -0.2) is 13.9 Å². The van der Waals surface area contributed by atoms with Crippen LogP contribution >= 0.6 is 0 Å². The molecule has 1 aliphatic rings. The van der Waals surface area contributed by atoms with Gasteiger partial charge in [0.2, 0.25) is 0 Å². The average Bonchev–Trinajstić information content (AvgIpc) is 3.20. The van der Waals surface area contributed by atoms with Crippen LogP contribution in [0, 0.1) is 17.1 Å². The highest BCUT2D eigenvalue weighted by atomic mass is 19.1. The Morgan fingerprint density at radius 2 is 1.86 bits per heavy atom. The highest BCUT2D eigenvalue weighted by molar-refractivity contribution is 5.74. The molecule has 4 rings (SSSR count). The lowest BCUT2D eigenvalue weighted by atomic mass is 10.0. The largest absolute Gasteiger partial charge is 0.382 e. The van der Waals surface area contributed by atoms with Crippen molar-refractivity contribution in [1.82, 2.24) is 25.3 Å². The summed E-state index contributed by atoms with van der Waals surface area (Å²) in [4.78, 5) is 14.6. The molecule has 0 spiro atoms. The Bertz CT molecular complexity index is 1160. The summed E-state index contributed by atoms with van der Waals surface area (Å²) in [5.41, 5.74) is 9.04. The second-order valence-electron chi connectivity index (χ2n) is 8.75. The number of aryl methyl sites for hydroxylation is 1. The van der Waals surface area contributed by atoms with Crippen molar-refractivity contribution in [2.75, 3.05) is 25.4 Å². The molecule has 1 saturated heterocycles. The van der Waals surface area contributed by atoms with Gasteiger partial charge in [0.15, 0.2) is 0 Å². The summed E-state index contributed by atoms with van der Waals surface area (Å²) in [6.07, 6.45) is 2.92. The summed E-state index contributed by atoms with van der Waals surface area (Å²) in [5, 5.41) is 20.0. The van der Waals surface area contributed by atoms with E-state index >= 15 is 0 Å². The number of benzene rings is 2. The van der Waals surface area contributed by atoms with Gasteiger partial charge in [-0.1, -0.05) is 30.3 Å². The molecule has 2 amide bonds. The zero-order valence-electron chi connectivity index (χ0n) is 19.6. The van der Waals surface area contributed by atoms with E-state index in [1.807, 2.05) is 42.5 Å². The number of carbonyl (C=O) groups is 1. The van der Waals surface area contributed by atoms with Gasteiger partial charge in [0.25, 0.3) is 0 Å². The molecule has 0 aliphatic carbocycles. The van der Waals surface area contributed by atoms with E-state index in [0.717, 1.165) is 43.7 Å². The van der Waals surface area contributed by atoms with Gasteiger partial charge >= 0.3 is 6.03 Å². The number of likely N-dealkylation sites (tertiary alicyclic amines) is 1. The summed E-state index contributed by atoms with van der Waals surface area (Å²) >= 11 is 0. The number of hydrogen-bond donors (Lipinski definition) is 3. The molecule has 35 heavy (non-hydrogen) atoms. The Morgan fingerprint density at radius 1 is 1.14 bits per heavy atom. The lowest BCUT2D eigenvalue weighted by molar-refractivity contribution is 0.186. The second-order valence-corrected chi connectivity index (χ2v) is 8.75. The molecule has 4 N–H and O–H groups in total. The van der Waals surface area contributed by atoms with Crippen LogP contribution < -0.4 is 16.4 Å². The zero-order chi connectivity index (χ0) is 24.6. The number of para-hydroxylation sites is 1. The van der Waals surface area contributed by atoms with E-state index in [4.69, 9.17) is 5.73 Å². The Kier molecular flexibility index (Phi) is 7.95. The Labute approximate surface area is 204 Å². The molecule has 0 radical (unpaired) electrons. The molecule has 0 saturated carbocycles. The monoisotopic (exact) mass is 475 g/mol. The molecule has 182 valence electrons. The number of amides is 2. The van der Waals surface area contributed by atoms with Crippen LogP contribution in [0.2, 0.25) is 0 Å². The fourth-order valence-electron chi connectivity index (χ4n) is 4.32. The van der Waals surface area contributed by atoms with E-state index in [9.17, 15) is 14.4 Å². The maximum atomic E-state index is 13.1. The van der Waals surface area contributed by atoms with Crippen molar-refractivity contribution in [3.63, 3.8) is 0 Å². The van der Waals surface area contributed by atoms with Crippen LogP contribution in [-0.4, -0.2) is 46.4 Å².